The summed E-state index contributed by atoms with van der Waals surface area (Å²) in [7, 11) is 0. The number of guanidine groups is 1. The van der Waals surface area contributed by atoms with Gasteiger partial charge in [0, 0.05) is 51.2 Å². The Hall–Kier alpha value is -1.34. The summed E-state index contributed by atoms with van der Waals surface area (Å²) in [6.45, 7) is 10.0. The van der Waals surface area contributed by atoms with Crippen LogP contribution in [0.1, 0.15) is 39.0 Å². The number of hydrogen-bond acceptors (Lipinski definition) is 4. The fraction of sp³-hybridized carbons (Fsp3) is 0.895. The van der Waals surface area contributed by atoms with Crippen LogP contribution in [0.5, 0.6) is 0 Å². The Labute approximate surface area is 157 Å². The molecule has 0 bridgehead atoms. The molecule has 1 amide bonds. The predicted molar refractivity (Wildman–Crippen MR) is 103 cm³/mol. The van der Waals surface area contributed by atoms with Crippen molar-refractivity contribution in [2.45, 2.75) is 45.1 Å². The molecule has 7 heteroatoms. The first kappa shape index (κ1) is 19.4. The van der Waals surface area contributed by atoms with E-state index in [1.54, 1.807) is 0 Å². The van der Waals surface area contributed by atoms with Crippen LogP contribution in [0.25, 0.3) is 0 Å². The van der Waals surface area contributed by atoms with E-state index in [1.165, 1.54) is 12.8 Å². The Morgan fingerprint density at radius 2 is 1.92 bits per heavy atom. The van der Waals surface area contributed by atoms with Crippen LogP contribution in [0.4, 0.5) is 0 Å². The summed E-state index contributed by atoms with van der Waals surface area (Å²) in [6, 6.07) is 0.307. The normalized spacial score (nSPS) is 25.7. The Balaban J connectivity index is 1.43. The molecule has 0 aromatic heterocycles. The molecule has 2 aliphatic heterocycles. The summed E-state index contributed by atoms with van der Waals surface area (Å²) in [6.07, 6.45) is 5.60. The lowest BCUT2D eigenvalue weighted by molar-refractivity contribution is -0.134. The number of aliphatic imine (C=N–C) groups is 1. The molecule has 3 fully saturated rings. The van der Waals surface area contributed by atoms with Crippen LogP contribution in [0.2, 0.25) is 0 Å². The number of carbonyl (C=O) groups is 1. The lowest BCUT2D eigenvalue weighted by atomic mass is 10.1. The minimum absolute atomic E-state index is 0.282. The second-order valence-corrected chi connectivity index (χ2v) is 7.61. The highest BCUT2D eigenvalue weighted by atomic mass is 16.5. The highest BCUT2D eigenvalue weighted by molar-refractivity contribution is 5.81. The van der Waals surface area contributed by atoms with E-state index in [4.69, 9.17) is 9.73 Å². The second kappa shape index (κ2) is 10.1. The van der Waals surface area contributed by atoms with Crippen molar-refractivity contribution in [2.24, 2.45) is 10.9 Å². The molecule has 7 nitrogen and oxygen atoms in total. The van der Waals surface area contributed by atoms with E-state index in [0.717, 1.165) is 84.2 Å². The fourth-order valence-electron chi connectivity index (χ4n) is 4.15. The minimum atomic E-state index is 0.282. The molecule has 0 radical (unpaired) electrons. The van der Waals surface area contributed by atoms with Crippen molar-refractivity contribution in [2.75, 3.05) is 59.0 Å². The van der Waals surface area contributed by atoms with Crippen molar-refractivity contribution in [3.63, 3.8) is 0 Å². The molecule has 0 spiro atoms. The average molecular weight is 366 g/mol. The van der Waals surface area contributed by atoms with E-state index < -0.39 is 0 Å². The van der Waals surface area contributed by atoms with Crippen molar-refractivity contribution in [3.8, 4) is 0 Å². The SMILES string of the molecule is CCNC(=NCCN1CCOCC1)NC1CCN(C(=O)C2CCCC2)C1. The maximum Gasteiger partial charge on any atom is 0.225 e. The topological polar surface area (TPSA) is 69.2 Å². The van der Waals surface area contributed by atoms with Crippen LogP contribution >= 0.6 is 0 Å². The zero-order valence-electron chi connectivity index (χ0n) is 16.2. The molecule has 2 N–H and O–H groups in total. The van der Waals surface area contributed by atoms with Gasteiger partial charge >= 0.3 is 0 Å². The third kappa shape index (κ3) is 5.58. The number of likely N-dealkylation sites (tertiary alicyclic amines) is 1. The van der Waals surface area contributed by atoms with Crippen LogP contribution in [-0.2, 0) is 9.53 Å². The fourth-order valence-corrected chi connectivity index (χ4v) is 4.15. The highest BCUT2D eigenvalue weighted by Crippen LogP contribution is 2.27. The van der Waals surface area contributed by atoms with Crippen molar-refractivity contribution in [3.05, 3.63) is 0 Å². The Morgan fingerprint density at radius 1 is 1.15 bits per heavy atom. The second-order valence-electron chi connectivity index (χ2n) is 7.61. The number of hydrogen-bond donors (Lipinski definition) is 2. The molecule has 1 unspecified atom stereocenters. The van der Waals surface area contributed by atoms with Gasteiger partial charge in [-0.3, -0.25) is 14.7 Å². The van der Waals surface area contributed by atoms with Crippen molar-refractivity contribution < 1.29 is 9.53 Å². The quantitative estimate of drug-likeness (QED) is 0.535. The number of amides is 1. The van der Waals surface area contributed by atoms with E-state index in [9.17, 15) is 4.79 Å². The summed E-state index contributed by atoms with van der Waals surface area (Å²) < 4.78 is 5.39. The number of rotatable bonds is 6. The molecule has 0 aromatic rings. The molecule has 148 valence electrons. The lowest BCUT2D eigenvalue weighted by Gasteiger charge is -2.26. The van der Waals surface area contributed by atoms with Crippen LogP contribution in [-0.4, -0.2) is 86.7 Å². The highest BCUT2D eigenvalue weighted by Gasteiger charge is 2.32. The number of carbonyl (C=O) groups excluding carboxylic acids is 1. The first-order valence-corrected chi connectivity index (χ1v) is 10.4. The summed E-state index contributed by atoms with van der Waals surface area (Å²) in [5.74, 6) is 1.53. The molecular formula is C19H35N5O2. The molecule has 3 rings (SSSR count). The third-order valence-corrected chi connectivity index (χ3v) is 5.68. The molecule has 0 aromatic carbocycles. The summed E-state index contributed by atoms with van der Waals surface area (Å²) in [4.78, 5) is 21.8. The summed E-state index contributed by atoms with van der Waals surface area (Å²) in [5, 5.41) is 6.87. The molecule has 2 saturated heterocycles. The van der Waals surface area contributed by atoms with Gasteiger partial charge in [-0.25, -0.2) is 0 Å². The largest absolute Gasteiger partial charge is 0.379 e. The van der Waals surface area contributed by atoms with E-state index in [2.05, 4.69) is 27.4 Å². The van der Waals surface area contributed by atoms with E-state index >= 15 is 0 Å². The maximum absolute atomic E-state index is 12.6. The number of morpholine rings is 1. The van der Waals surface area contributed by atoms with Crippen LogP contribution in [0.15, 0.2) is 4.99 Å². The number of nitrogens with one attached hydrogen (secondary N) is 2. The average Bonchev–Trinajstić information content (AvgIpc) is 3.34. The molecule has 1 aliphatic carbocycles. The van der Waals surface area contributed by atoms with E-state index in [0.29, 0.717) is 11.9 Å². The number of nitrogens with zero attached hydrogens (tertiary/aromatic N) is 3. The lowest BCUT2D eigenvalue weighted by Crippen LogP contribution is -2.46. The van der Waals surface area contributed by atoms with Gasteiger partial charge in [0.25, 0.3) is 0 Å². The predicted octanol–water partition coefficient (Wildman–Crippen LogP) is 0.665. The van der Waals surface area contributed by atoms with Gasteiger partial charge in [-0.2, -0.15) is 0 Å². The number of ether oxygens (including phenoxy) is 1. The van der Waals surface area contributed by atoms with Crippen LogP contribution < -0.4 is 10.6 Å². The van der Waals surface area contributed by atoms with Crippen molar-refractivity contribution in [1.82, 2.24) is 20.4 Å². The van der Waals surface area contributed by atoms with Gasteiger partial charge in [-0.15, -0.1) is 0 Å². The van der Waals surface area contributed by atoms with Crippen molar-refractivity contribution in [1.29, 1.82) is 0 Å². The summed E-state index contributed by atoms with van der Waals surface area (Å²) in [5.41, 5.74) is 0. The van der Waals surface area contributed by atoms with Crippen LogP contribution in [0.3, 0.4) is 0 Å². The Bertz CT molecular complexity index is 473. The van der Waals surface area contributed by atoms with Gasteiger partial charge in [0.2, 0.25) is 5.91 Å². The smallest absolute Gasteiger partial charge is 0.225 e. The van der Waals surface area contributed by atoms with E-state index in [1.807, 2.05) is 0 Å². The molecule has 1 atom stereocenters. The van der Waals surface area contributed by atoms with Crippen LogP contribution in [0, 0.1) is 5.92 Å². The molecule has 3 aliphatic rings. The van der Waals surface area contributed by atoms with E-state index in [-0.39, 0.29) is 5.92 Å². The molecule has 2 heterocycles. The monoisotopic (exact) mass is 365 g/mol. The molecule has 1 saturated carbocycles. The standard InChI is InChI=1S/C19H35N5O2/c1-2-20-19(21-8-10-23-11-13-26-14-12-23)22-17-7-9-24(15-17)18(25)16-5-3-4-6-16/h16-17H,2-15H2,1H3,(H2,20,21,22). The van der Waals surface area contributed by atoms with Gasteiger partial charge in [0.15, 0.2) is 5.96 Å². The zero-order chi connectivity index (χ0) is 18.2. The first-order valence-electron chi connectivity index (χ1n) is 10.4. The maximum atomic E-state index is 12.6. The Morgan fingerprint density at radius 3 is 2.65 bits per heavy atom. The van der Waals surface area contributed by atoms with Gasteiger partial charge in [0.1, 0.15) is 0 Å². The molecular weight excluding hydrogens is 330 g/mol. The minimum Gasteiger partial charge on any atom is -0.379 e. The van der Waals surface area contributed by atoms with Gasteiger partial charge in [-0.05, 0) is 26.2 Å². The first-order chi connectivity index (χ1) is 12.8. The summed E-state index contributed by atoms with van der Waals surface area (Å²) >= 11 is 0. The molecule has 26 heavy (non-hydrogen) atoms. The third-order valence-electron chi connectivity index (χ3n) is 5.68. The zero-order valence-corrected chi connectivity index (χ0v) is 16.2. The van der Waals surface area contributed by atoms with Gasteiger partial charge in [-0.1, -0.05) is 12.8 Å². The van der Waals surface area contributed by atoms with Gasteiger partial charge in [0.05, 0.1) is 19.8 Å². The van der Waals surface area contributed by atoms with Crippen molar-refractivity contribution >= 4 is 11.9 Å². The Kier molecular flexibility index (Phi) is 7.55. The van der Waals surface area contributed by atoms with Gasteiger partial charge < -0.3 is 20.3 Å².